The topological polar surface area (TPSA) is 83.9 Å². The van der Waals surface area contributed by atoms with Crippen molar-refractivity contribution in [1.82, 2.24) is 0 Å². The molecule has 4 atom stereocenters. The van der Waals surface area contributed by atoms with Gasteiger partial charge in [0.2, 0.25) is 5.76 Å². The number of carbonyl (C=O) groups is 1. The summed E-state index contributed by atoms with van der Waals surface area (Å²) < 4.78 is 22.9. The summed E-state index contributed by atoms with van der Waals surface area (Å²) in [5, 5.41) is 0. The van der Waals surface area contributed by atoms with Crippen molar-refractivity contribution in [1.29, 1.82) is 0 Å². The lowest BCUT2D eigenvalue weighted by Crippen LogP contribution is -2.25. The summed E-state index contributed by atoms with van der Waals surface area (Å²) >= 11 is 0. The molecular formula is C21H27NO5. The first-order valence-electron chi connectivity index (χ1n) is 9.41. The number of benzene rings is 1. The Morgan fingerprint density at radius 1 is 1.22 bits per heavy atom. The molecular weight excluding hydrogens is 346 g/mol. The maximum atomic E-state index is 12.0. The molecule has 1 saturated heterocycles. The average molecular weight is 373 g/mol. The third kappa shape index (κ3) is 4.01. The van der Waals surface area contributed by atoms with Gasteiger partial charge in [0.05, 0.1) is 37.4 Å². The van der Waals surface area contributed by atoms with E-state index in [4.69, 9.17) is 24.4 Å². The second-order valence-corrected chi connectivity index (χ2v) is 6.78. The van der Waals surface area contributed by atoms with E-state index in [9.17, 15) is 4.79 Å². The third-order valence-corrected chi connectivity index (χ3v) is 5.04. The molecule has 2 N–H and O–H groups in total. The number of nitrogen functional groups attached to an aromatic ring is 1. The standard InChI is InChI=1S/C21H27NO5/c1-4-16-13(3)18(25-11-14-9-7-6-8-10-14)19(27-16)15-12-26-20(17(15)22)21(23)24-5-2/h6-10,12-13,16,18-19H,4-5,11,22H2,1-3H3/t13-,16-,18-,19+/m1/s1. The van der Waals surface area contributed by atoms with Gasteiger partial charge in [-0.3, -0.25) is 0 Å². The summed E-state index contributed by atoms with van der Waals surface area (Å²) in [4.78, 5) is 12.0. The van der Waals surface area contributed by atoms with E-state index < -0.39 is 5.97 Å². The van der Waals surface area contributed by atoms with Crippen molar-refractivity contribution in [2.75, 3.05) is 12.3 Å². The predicted molar refractivity (Wildman–Crippen MR) is 101 cm³/mol. The van der Waals surface area contributed by atoms with Crippen LogP contribution in [-0.2, 0) is 20.8 Å². The van der Waals surface area contributed by atoms with Gasteiger partial charge in [0.15, 0.2) is 0 Å². The Bertz CT molecular complexity index is 757. The van der Waals surface area contributed by atoms with Gasteiger partial charge in [-0.2, -0.15) is 0 Å². The first kappa shape index (κ1) is 19.5. The number of ether oxygens (including phenoxy) is 3. The monoisotopic (exact) mass is 373 g/mol. The van der Waals surface area contributed by atoms with Crippen molar-refractivity contribution in [2.45, 2.75) is 52.1 Å². The van der Waals surface area contributed by atoms with E-state index in [0.717, 1.165) is 12.0 Å². The smallest absolute Gasteiger partial charge is 0.376 e. The molecule has 0 aliphatic carbocycles. The lowest BCUT2D eigenvalue weighted by atomic mass is 9.94. The van der Waals surface area contributed by atoms with Crippen LogP contribution in [0.4, 0.5) is 5.69 Å². The van der Waals surface area contributed by atoms with Crippen LogP contribution in [0.25, 0.3) is 0 Å². The first-order valence-corrected chi connectivity index (χ1v) is 9.41. The number of hydrogen-bond acceptors (Lipinski definition) is 6. The second-order valence-electron chi connectivity index (χ2n) is 6.78. The van der Waals surface area contributed by atoms with Crippen LogP contribution in [0, 0.1) is 5.92 Å². The minimum Gasteiger partial charge on any atom is -0.460 e. The van der Waals surface area contributed by atoms with Crippen LogP contribution in [0.1, 0.15) is 55.0 Å². The van der Waals surface area contributed by atoms with Crippen LogP contribution >= 0.6 is 0 Å². The number of rotatable bonds is 7. The Hall–Kier alpha value is -2.31. The molecule has 0 spiro atoms. The fraction of sp³-hybridized carbons (Fsp3) is 0.476. The molecule has 1 aromatic heterocycles. The summed E-state index contributed by atoms with van der Waals surface area (Å²) in [6.45, 7) is 6.67. The Balaban J connectivity index is 1.82. The van der Waals surface area contributed by atoms with Crippen LogP contribution < -0.4 is 5.73 Å². The fourth-order valence-corrected chi connectivity index (χ4v) is 3.56. The highest BCUT2D eigenvalue weighted by atomic mass is 16.6. The van der Waals surface area contributed by atoms with Crippen molar-refractivity contribution in [3.05, 3.63) is 53.5 Å². The largest absolute Gasteiger partial charge is 0.460 e. The Morgan fingerprint density at radius 3 is 2.63 bits per heavy atom. The Morgan fingerprint density at radius 2 is 1.96 bits per heavy atom. The molecule has 1 fully saturated rings. The lowest BCUT2D eigenvalue weighted by molar-refractivity contribution is -0.0336. The Labute approximate surface area is 159 Å². The second kappa shape index (κ2) is 8.59. The van der Waals surface area contributed by atoms with Crippen molar-refractivity contribution in [2.24, 2.45) is 5.92 Å². The number of furan rings is 1. The maximum absolute atomic E-state index is 12.0. The van der Waals surface area contributed by atoms with Gasteiger partial charge < -0.3 is 24.4 Å². The number of hydrogen-bond donors (Lipinski definition) is 1. The molecule has 0 unspecified atom stereocenters. The van der Waals surface area contributed by atoms with E-state index in [1.54, 1.807) is 6.92 Å². The van der Waals surface area contributed by atoms with E-state index in [1.807, 2.05) is 30.3 Å². The van der Waals surface area contributed by atoms with E-state index in [-0.39, 0.29) is 42.3 Å². The molecule has 1 aliphatic rings. The van der Waals surface area contributed by atoms with Crippen LogP contribution in [0.2, 0.25) is 0 Å². The van der Waals surface area contributed by atoms with Crippen LogP contribution in [-0.4, -0.2) is 24.8 Å². The molecule has 0 radical (unpaired) electrons. The van der Waals surface area contributed by atoms with Crippen LogP contribution in [0.15, 0.2) is 41.0 Å². The number of nitrogens with two attached hydrogens (primary N) is 1. The number of anilines is 1. The molecule has 27 heavy (non-hydrogen) atoms. The predicted octanol–water partition coefficient (Wildman–Crippen LogP) is 4.11. The zero-order chi connectivity index (χ0) is 19.4. The van der Waals surface area contributed by atoms with Gasteiger partial charge in [-0.1, -0.05) is 44.2 Å². The SMILES string of the molecule is CCOC(=O)c1occ([C@@H]2O[C@H](CC)[C@@H](C)[C@H]2OCc2ccccc2)c1N. The summed E-state index contributed by atoms with van der Waals surface area (Å²) in [6.07, 6.45) is 1.82. The highest BCUT2D eigenvalue weighted by Crippen LogP contribution is 2.43. The van der Waals surface area contributed by atoms with E-state index in [2.05, 4.69) is 13.8 Å². The summed E-state index contributed by atoms with van der Waals surface area (Å²) in [6, 6.07) is 10.00. The minimum atomic E-state index is -0.568. The average Bonchev–Trinajstić information content (AvgIpc) is 3.20. The molecule has 146 valence electrons. The molecule has 2 heterocycles. The maximum Gasteiger partial charge on any atom is 0.376 e. The lowest BCUT2D eigenvalue weighted by Gasteiger charge is -2.21. The van der Waals surface area contributed by atoms with Gasteiger partial charge in [0.1, 0.15) is 6.10 Å². The molecule has 2 aromatic rings. The molecule has 1 aromatic carbocycles. The van der Waals surface area contributed by atoms with E-state index >= 15 is 0 Å². The Kier molecular flexibility index (Phi) is 6.19. The van der Waals surface area contributed by atoms with E-state index in [1.165, 1.54) is 6.26 Å². The number of carbonyl (C=O) groups excluding carboxylic acids is 1. The van der Waals surface area contributed by atoms with Gasteiger partial charge in [-0.25, -0.2) is 4.79 Å². The molecule has 1 aliphatic heterocycles. The minimum absolute atomic E-state index is 0.0184. The van der Waals surface area contributed by atoms with Crippen molar-refractivity contribution < 1.29 is 23.4 Å². The van der Waals surface area contributed by atoms with Crippen molar-refractivity contribution in [3.63, 3.8) is 0 Å². The fourth-order valence-electron chi connectivity index (χ4n) is 3.56. The van der Waals surface area contributed by atoms with Crippen LogP contribution in [0.5, 0.6) is 0 Å². The van der Waals surface area contributed by atoms with Gasteiger partial charge in [0.25, 0.3) is 0 Å². The van der Waals surface area contributed by atoms with Crippen molar-refractivity contribution in [3.8, 4) is 0 Å². The van der Waals surface area contributed by atoms with Gasteiger partial charge in [-0.05, 0) is 18.9 Å². The summed E-state index contributed by atoms with van der Waals surface area (Å²) in [7, 11) is 0. The number of esters is 1. The molecule has 0 saturated carbocycles. The quantitative estimate of drug-likeness (QED) is 0.735. The zero-order valence-corrected chi connectivity index (χ0v) is 16.0. The summed E-state index contributed by atoms with van der Waals surface area (Å²) in [5.74, 6) is -0.366. The normalized spacial score (nSPS) is 24.9. The highest BCUT2D eigenvalue weighted by molar-refractivity contribution is 5.92. The molecule has 6 nitrogen and oxygen atoms in total. The van der Waals surface area contributed by atoms with Gasteiger partial charge in [0, 0.05) is 11.5 Å². The molecule has 3 rings (SSSR count). The van der Waals surface area contributed by atoms with Gasteiger partial charge >= 0.3 is 5.97 Å². The van der Waals surface area contributed by atoms with E-state index in [0.29, 0.717) is 12.2 Å². The molecule has 6 heteroatoms. The highest BCUT2D eigenvalue weighted by Gasteiger charge is 2.44. The zero-order valence-electron chi connectivity index (χ0n) is 16.0. The molecule has 0 amide bonds. The molecule has 0 bridgehead atoms. The van der Waals surface area contributed by atoms with Crippen molar-refractivity contribution >= 4 is 11.7 Å². The summed E-state index contributed by atoms with van der Waals surface area (Å²) in [5.41, 5.74) is 8.18. The third-order valence-electron chi connectivity index (χ3n) is 5.04. The van der Waals surface area contributed by atoms with Gasteiger partial charge in [-0.15, -0.1) is 0 Å². The first-order chi connectivity index (χ1) is 13.1. The van der Waals surface area contributed by atoms with Crippen LogP contribution in [0.3, 0.4) is 0 Å².